The maximum Gasteiger partial charge on any atom is 0.320 e. The Kier molecular flexibility index (Phi) is 7.11. The first-order chi connectivity index (χ1) is 8.71. The number of carbonyl (C=O) groups is 2. The normalized spacial score (nSPS) is 13.8. The highest BCUT2D eigenvalue weighted by Gasteiger charge is 2.32. The number of hydrogen-bond acceptors (Lipinski definition) is 6. The monoisotopic (exact) mass is 273 g/mol. The molecule has 0 aliphatic carbocycles. The van der Waals surface area contributed by atoms with Crippen LogP contribution in [0.4, 0.5) is 0 Å². The summed E-state index contributed by atoms with van der Waals surface area (Å²) >= 11 is 0. The fourth-order valence-corrected chi connectivity index (χ4v) is 1.35. The number of hydrogen-bond donors (Lipinski definition) is 1. The van der Waals surface area contributed by atoms with Gasteiger partial charge in [0.05, 0.1) is 12.3 Å². The standard InChI is InChI=1S/C13H23NO5/c1-6-18-11(15)10(8-7-9(2)14-17)12(16)19-13(3,4)5/h10,17H,6-8H2,1-5H3/b14-9+. The molecule has 0 spiro atoms. The first-order valence-electron chi connectivity index (χ1n) is 6.28. The van der Waals surface area contributed by atoms with Crippen molar-refractivity contribution in [3.8, 4) is 0 Å². The van der Waals surface area contributed by atoms with Crippen LogP contribution < -0.4 is 0 Å². The molecule has 0 radical (unpaired) electrons. The Hall–Kier alpha value is -1.59. The zero-order chi connectivity index (χ0) is 15.1. The minimum absolute atomic E-state index is 0.198. The number of carbonyl (C=O) groups excluding carboxylic acids is 2. The van der Waals surface area contributed by atoms with Crippen LogP contribution >= 0.6 is 0 Å². The first kappa shape index (κ1) is 17.4. The average molecular weight is 273 g/mol. The predicted molar refractivity (Wildman–Crippen MR) is 70.1 cm³/mol. The Bertz CT molecular complexity index is 343. The molecule has 0 aliphatic rings. The zero-order valence-electron chi connectivity index (χ0n) is 12.2. The molecule has 0 saturated heterocycles. The van der Waals surface area contributed by atoms with Gasteiger partial charge < -0.3 is 14.7 Å². The summed E-state index contributed by atoms with van der Waals surface area (Å²) in [7, 11) is 0. The van der Waals surface area contributed by atoms with Gasteiger partial charge in [-0.2, -0.15) is 0 Å². The third kappa shape index (κ3) is 7.43. The second kappa shape index (κ2) is 7.76. The molecule has 0 saturated carbocycles. The number of ether oxygens (including phenoxy) is 2. The van der Waals surface area contributed by atoms with Crippen LogP contribution in [0.15, 0.2) is 5.16 Å². The highest BCUT2D eigenvalue weighted by molar-refractivity contribution is 5.95. The third-order valence-electron chi connectivity index (χ3n) is 2.23. The smallest absolute Gasteiger partial charge is 0.320 e. The number of oxime groups is 1. The first-order valence-corrected chi connectivity index (χ1v) is 6.28. The molecule has 0 rings (SSSR count). The molecule has 0 bridgehead atoms. The molecule has 0 fully saturated rings. The molecule has 0 aliphatic heterocycles. The van der Waals surface area contributed by atoms with E-state index in [4.69, 9.17) is 14.7 Å². The summed E-state index contributed by atoms with van der Waals surface area (Å²) in [6, 6.07) is 0. The van der Waals surface area contributed by atoms with E-state index in [2.05, 4.69) is 5.16 Å². The van der Waals surface area contributed by atoms with E-state index in [0.717, 1.165) is 0 Å². The number of esters is 2. The fraction of sp³-hybridized carbons (Fsp3) is 0.769. The van der Waals surface area contributed by atoms with E-state index < -0.39 is 23.5 Å². The van der Waals surface area contributed by atoms with Gasteiger partial charge in [0.15, 0.2) is 5.92 Å². The van der Waals surface area contributed by atoms with Crippen LogP contribution in [0.1, 0.15) is 47.5 Å². The largest absolute Gasteiger partial charge is 0.465 e. The van der Waals surface area contributed by atoms with Gasteiger partial charge in [-0.05, 0) is 47.5 Å². The average Bonchev–Trinajstić information content (AvgIpc) is 2.26. The molecule has 6 heteroatoms. The molecule has 1 atom stereocenters. The van der Waals surface area contributed by atoms with E-state index in [1.165, 1.54) is 0 Å². The molecule has 0 heterocycles. The highest BCUT2D eigenvalue weighted by atomic mass is 16.6. The summed E-state index contributed by atoms with van der Waals surface area (Å²) in [5.74, 6) is -2.21. The summed E-state index contributed by atoms with van der Waals surface area (Å²) in [6.07, 6.45) is 0.517. The Morgan fingerprint density at radius 1 is 1.26 bits per heavy atom. The Morgan fingerprint density at radius 2 is 1.84 bits per heavy atom. The number of rotatable bonds is 6. The van der Waals surface area contributed by atoms with Crippen LogP contribution in [0.2, 0.25) is 0 Å². The maximum absolute atomic E-state index is 12.0. The van der Waals surface area contributed by atoms with E-state index >= 15 is 0 Å². The van der Waals surface area contributed by atoms with Crippen LogP contribution in [0.5, 0.6) is 0 Å². The van der Waals surface area contributed by atoms with Crippen molar-refractivity contribution in [3.63, 3.8) is 0 Å². The van der Waals surface area contributed by atoms with Crippen molar-refractivity contribution in [2.75, 3.05) is 6.61 Å². The van der Waals surface area contributed by atoms with Crippen LogP contribution in [0.3, 0.4) is 0 Å². The van der Waals surface area contributed by atoms with E-state index in [0.29, 0.717) is 12.1 Å². The van der Waals surface area contributed by atoms with Crippen LogP contribution in [-0.2, 0) is 19.1 Å². The lowest BCUT2D eigenvalue weighted by molar-refractivity contribution is -0.169. The SMILES string of the molecule is CCOC(=O)C(CC/C(C)=N/O)C(=O)OC(C)(C)C. The molecule has 1 N–H and O–H groups in total. The van der Waals surface area contributed by atoms with Gasteiger partial charge in [0, 0.05) is 0 Å². The van der Waals surface area contributed by atoms with Gasteiger partial charge in [-0.25, -0.2) is 0 Å². The minimum atomic E-state index is -0.990. The second-order valence-electron chi connectivity index (χ2n) is 5.21. The van der Waals surface area contributed by atoms with Crippen LogP contribution in [-0.4, -0.2) is 35.1 Å². The lowest BCUT2D eigenvalue weighted by atomic mass is 10.0. The molecule has 0 amide bonds. The van der Waals surface area contributed by atoms with E-state index in [-0.39, 0.29) is 13.0 Å². The number of nitrogens with zero attached hydrogens (tertiary/aromatic N) is 1. The van der Waals surface area contributed by atoms with Crippen LogP contribution in [0.25, 0.3) is 0 Å². The molecule has 1 unspecified atom stereocenters. The lowest BCUT2D eigenvalue weighted by Gasteiger charge is -2.23. The summed E-state index contributed by atoms with van der Waals surface area (Å²) in [4.78, 5) is 23.7. The van der Waals surface area contributed by atoms with Crippen molar-refractivity contribution < 1.29 is 24.3 Å². The highest BCUT2D eigenvalue weighted by Crippen LogP contribution is 2.17. The van der Waals surface area contributed by atoms with E-state index in [1.54, 1.807) is 34.6 Å². The van der Waals surface area contributed by atoms with Gasteiger partial charge in [-0.1, -0.05) is 5.16 Å². The Morgan fingerprint density at radius 3 is 2.26 bits per heavy atom. The predicted octanol–water partition coefficient (Wildman–Crippen LogP) is 2.14. The molecule has 110 valence electrons. The molecule has 0 aromatic carbocycles. The van der Waals surface area contributed by atoms with Crippen molar-refractivity contribution >= 4 is 17.7 Å². The van der Waals surface area contributed by atoms with E-state index in [1.807, 2.05) is 0 Å². The van der Waals surface area contributed by atoms with Gasteiger partial charge in [0.1, 0.15) is 5.60 Å². The van der Waals surface area contributed by atoms with Crippen LogP contribution in [0, 0.1) is 5.92 Å². The molecule has 0 aromatic heterocycles. The Labute approximate surface area is 113 Å². The minimum Gasteiger partial charge on any atom is -0.465 e. The van der Waals surface area contributed by atoms with E-state index in [9.17, 15) is 9.59 Å². The van der Waals surface area contributed by atoms with Gasteiger partial charge >= 0.3 is 11.9 Å². The maximum atomic E-state index is 12.0. The molecular formula is C13H23NO5. The van der Waals surface area contributed by atoms with Gasteiger partial charge in [-0.3, -0.25) is 9.59 Å². The van der Waals surface area contributed by atoms with Crippen molar-refractivity contribution in [1.82, 2.24) is 0 Å². The summed E-state index contributed by atoms with van der Waals surface area (Å²) in [5.41, 5.74) is -0.222. The third-order valence-corrected chi connectivity index (χ3v) is 2.23. The van der Waals surface area contributed by atoms with Gasteiger partial charge in [-0.15, -0.1) is 0 Å². The van der Waals surface area contributed by atoms with Crippen molar-refractivity contribution in [3.05, 3.63) is 0 Å². The summed E-state index contributed by atoms with van der Waals surface area (Å²) < 4.78 is 10.1. The zero-order valence-corrected chi connectivity index (χ0v) is 12.2. The quantitative estimate of drug-likeness (QED) is 0.263. The van der Waals surface area contributed by atoms with Crippen molar-refractivity contribution in [2.45, 2.75) is 53.1 Å². The molecular weight excluding hydrogens is 250 g/mol. The van der Waals surface area contributed by atoms with Gasteiger partial charge in [0.25, 0.3) is 0 Å². The second-order valence-corrected chi connectivity index (χ2v) is 5.21. The molecule has 6 nitrogen and oxygen atoms in total. The lowest BCUT2D eigenvalue weighted by Crippen LogP contribution is -2.34. The topological polar surface area (TPSA) is 85.2 Å². The van der Waals surface area contributed by atoms with Gasteiger partial charge in [0.2, 0.25) is 0 Å². The van der Waals surface area contributed by atoms with Crippen molar-refractivity contribution in [2.24, 2.45) is 11.1 Å². The summed E-state index contributed by atoms with van der Waals surface area (Å²) in [5, 5.41) is 11.6. The molecule has 0 aromatic rings. The summed E-state index contributed by atoms with van der Waals surface area (Å²) in [6.45, 7) is 8.67. The molecule has 19 heavy (non-hydrogen) atoms. The fourth-order valence-electron chi connectivity index (χ4n) is 1.35. The Balaban J connectivity index is 4.75. The van der Waals surface area contributed by atoms with Crippen molar-refractivity contribution in [1.29, 1.82) is 0 Å².